The lowest BCUT2D eigenvalue weighted by Crippen LogP contribution is -2.47. The van der Waals surface area contributed by atoms with Crippen LogP contribution < -0.4 is 0 Å². The van der Waals surface area contributed by atoms with Crippen LogP contribution in [0.25, 0.3) is 11.0 Å². The molecule has 0 radical (unpaired) electrons. The van der Waals surface area contributed by atoms with Crippen LogP contribution >= 0.6 is 34.2 Å². The molecule has 1 aliphatic rings. The first-order valence-corrected chi connectivity index (χ1v) is 7.84. The second kappa shape index (κ2) is 5.63. The molecule has 0 amide bonds. The van der Waals surface area contributed by atoms with Crippen molar-refractivity contribution in [2.75, 3.05) is 6.61 Å². The normalized spacial score (nSPS) is 31.5. The maximum Gasteiger partial charge on any atom is 0.183 e. The summed E-state index contributed by atoms with van der Waals surface area (Å²) in [6.07, 6.45) is 5.07. The van der Waals surface area contributed by atoms with Crippen molar-refractivity contribution in [3.8, 4) is 12.3 Å². The van der Waals surface area contributed by atoms with E-state index in [1.807, 2.05) is 0 Å². The fraction of sp³-hybridized carbons (Fsp3) is 0.357. The van der Waals surface area contributed by atoms with Crippen molar-refractivity contribution in [2.24, 2.45) is 0 Å². The topological polar surface area (TPSA) is 87.7 Å². The molecule has 0 aromatic carbocycles. The van der Waals surface area contributed by atoms with Crippen molar-refractivity contribution >= 4 is 45.2 Å². The van der Waals surface area contributed by atoms with E-state index in [-0.39, 0.29) is 0 Å². The fourth-order valence-electron chi connectivity index (χ4n) is 2.62. The standard InChI is InChI=1S/C14H12ClIN2O4/c1-2-14(21)9(6-19)22-13(11(14)20)18-5-8(16)10-7(15)3-4-17-12(10)18/h1,3-5,9,11,13,19-21H,6H2/t9-,11+,13-,14-/m1/s1. The van der Waals surface area contributed by atoms with Gasteiger partial charge in [-0.05, 0) is 28.7 Å². The molecule has 0 spiro atoms. The van der Waals surface area contributed by atoms with Crippen LogP contribution in [0.2, 0.25) is 5.02 Å². The van der Waals surface area contributed by atoms with Crippen molar-refractivity contribution in [3.05, 3.63) is 27.1 Å². The highest BCUT2D eigenvalue weighted by Gasteiger charge is 2.55. The summed E-state index contributed by atoms with van der Waals surface area (Å²) < 4.78 is 7.94. The Kier molecular flexibility index (Phi) is 4.09. The quantitative estimate of drug-likeness (QED) is 0.483. The summed E-state index contributed by atoms with van der Waals surface area (Å²) in [5, 5.41) is 31.3. The van der Waals surface area contributed by atoms with Crippen LogP contribution in [-0.2, 0) is 4.74 Å². The summed E-state index contributed by atoms with van der Waals surface area (Å²) in [5.74, 6) is 2.12. The number of hydrogen-bond acceptors (Lipinski definition) is 5. The van der Waals surface area contributed by atoms with Gasteiger partial charge in [0.1, 0.15) is 17.9 Å². The minimum absolute atomic E-state index is 0.499. The van der Waals surface area contributed by atoms with Crippen molar-refractivity contribution in [2.45, 2.75) is 24.0 Å². The first-order chi connectivity index (χ1) is 10.4. The molecule has 0 aliphatic carbocycles. The van der Waals surface area contributed by atoms with E-state index in [2.05, 4.69) is 33.5 Å². The number of pyridine rings is 1. The van der Waals surface area contributed by atoms with Crippen LogP contribution in [0.5, 0.6) is 0 Å². The molecule has 0 unspecified atom stereocenters. The second-order valence-electron chi connectivity index (χ2n) is 4.99. The van der Waals surface area contributed by atoms with Crippen molar-refractivity contribution < 1.29 is 20.1 Å². The number of aromatic nitrogens is 2. The third-order valence-electron chi connectivity index (χ3n) is 3.80. The van der Waals surface area contributed by atoms with Gasteiger partial charge in [0, 0.05) is 16.0 Å². The first kappa shape index (κ1) is 16.0. The van der Waals surface area contributed by atoms with Crippen molar-refractivity contribution in [1.82, 2.24) is 9.55 Å². The highest BCUT2D eigenvalue weighted by atomic mass is 127. The monoisotopic (exact) mass is 434 g/mol. The number of rotatable bonds is 2. The van der Waals surface area contributed by atoms with E-state index >= 15 is 0 Å². The summed E-state index contributed by atoms with van der Waals surface area (Å²) in [5.41, 5.74) is -1.47. The number of aliphatic hydroxyl groups excluding tert-OH is 2. The van der Waals surface area contributed by atoms with Gasteiger partial charge in [-0.3, -0.25) is 0 Å². The summed E-state index contributed by atoms with van der Waals surface area (Å²) in [4.78, 5) is 4.25. The second-order valence-corrected chi connectivity index (χ2v) is 6.56. The Bertz CT molecular complexity index is 774. The number of ether oxygens (including phenoxy) is 1. The Balaban J connectivity index is 2.14. The third kappa shape index (κ3) is 2.14. The van der Waals surface area contributed by atoms with E-state index in [1.165, 1.54) is 6.20 Å². The minimum Gasteiger partial charge on any atom is -0.394 e. The van der Waals surface area contributed by atoms with Gasteiger partial charge in [0.2, 0.25) is 0 Å². The molecule has 4 atom stereocenters. The van der Waals surface area contributed by atoms with Gasteiger partial charge in [0.25, 0.3) is 0 Å². The van der Waals surface area contributed by atoms with Gasteiger partial charge in [-0.2, -0.15) is 0 Å². The molecule has 2 aromatic rings. The Morgan fingerprint density at radius 3 is 2.91 bits per heavy atom. The number of hydrogen-bond donors (Lipinski definition) is 3. The zero-order valence-electron chi connectivity index (χ0n) is 11.1. The van der Waals surface area contributed by atoms with Gasteiger partial charge < -0.3 is 24.6 Å². The zero-order valence-corrected chi connectivity index (χ0v) is 14.1. The molecule has 3 rings (SSSR count). The van der Waals surface area contributed by atoms with E-state index < -0.39 is 30.6 Å². The van der Waals surface area contributed by atoms with Crippen molar-refractivity contribution in [3.63, 3.8) is 0 Å². The molecule has 1 fully saturated rings. The molecular formula is C14H12ClIN2O4. The highest BCUT2D eigenvalue weighted by molar-refractivity contribution is 14.1. The van der Waals surface area contributed by atoms with Crippen LogP contribution in [0.15, 0.2) is 18.5 Å². The van der Waals surface area contributed by atoms with E-state index in [4.69, 9.17) is 22.8 Å². The average molecular weight is 435 g/mol. The number of aliphatic hydroxyl groups is 3. The third-order valence-corrected chi connectivity index (χ3v) is 4.94. The molecule has 22 heavy (non-hydrogen) atoms. The van der Waals surface area contributed by atoms with E-state index in [0.29, 0.717) is 10.7 Å². The molecule has 1 aliphatic heterocycles. The molecule has 2 aromatic heterocycles. The van der Waals surface area contributed by atoms with Crippen LogP contribution in [0, 0.1) is 15.9 Å². The number of nitrogens with zero attached hydrogens (tertiary/aromatic N) is 2. The lowest BCUT2D eigenvalue weighted by Gasteiger charge is -2.24. The molecule has 3 N–H and O–H groups in total. The Morgan fingerprint density at radius 1 is 1.59 bits per heavy atom. The lowest BCUT2D eigenvalue weighted by molar-refractivity contribution is -0.0604. The van der Waals surface area contributed by atoms with Gasteiger partial charge in [-0.15, -0.1) is 6.42 Å². The fourth-order valence-corrected chi connectivity index (χ4v) is 3.85. The summed E-state index contributed by atoms with van der Waals surface area (Å²) in [7, 11) is 0. The Morgan fingerprint density at radius 2 is 2.32 bits per heavy atom. The van der Waals surface area contributed by atoms with Crippen LogP contribution in [0.1, 0.15) is 6.23 Å². The molecule has 116 valence electrons. The maximum absolute atomic E-state index is 10.4. The van der Waals surface area contributed by atoms with E-state index in [1.54, 1.807) is 16.8 Å². The SMILES string of the molecule is C#C[C@@]1(O)[C@@H](CO)O[C@@H](n2cc(I)c3c(Cl)ccnc32)[C@@H]1O. The average Bonchev–Trinajstić information content (AvgIpc) is 2.97. The molecule has 0 saturated carbocycles. The minimum atomic E-state index is -1.97. The molecule has 6 nitrogen and oxygen atoms in total. The van der Waals surface area contributed by atoms with Gasteiger partial charge in [-0.1, -0.05) is 17.5 Å². The predicted octanol–water partition coefficient (Wildman–Crippen LogP) is 0.909. The Labute approximate surface area is 144 Å². The molecule has 8 heteroatoms. The van der Waals surface area contributed by atoms with Gasteiger partial charge in [0.05, 0.1) is 17.0 Å². The Hall–Kier alpha value is -0.890. The van der Waals surface area contributed by atoms with E-state index in [0.717, 1.165) is 8.96 Å². The smallest absolute Gasteiger partial charge is 0.183 e. The first-order valence-electron chi connectivity index (χ1n) is 6.39. The number of halogens is 2. The van der Waals surface area contributed by atoms with Gasteiger partial charge >= 0.3 is 0 Å². The van der Waals surface area contributed by atoms with Gasteiger partial charge in [-0.25, -0.2) is 4.98 Å². The van der Waals surface area contributed by atoms with Crippen LogP contribution in [-0.4, -0.2) is 49.3 Å². The molecule has 3 heterocycles. The van der Waals surface area contributed by atoms with Crippen LogP contribution in [0.4, 0.5) is 0 Å². The predicted molar refractivity (Wildman–Crippen MR) is 88.2 cm³/mol. The lowest BCUT2D eigenvalue weighted by atomic mass is 9.93. The maximum atomic E-state index is 10.4. The molecule has 1 saturated heterocycles. The summed E-state index contributed by atoms with van der Waals surface area (Å²) >= 11 is 8.27. The van der Waals surface area contributed by atoms with E-state index in [9.17, 15) is 15.3 Å². The number of terminal acetylenes is 1. The largest absolute Gasteiger partial charge is 0.394 e. The number of fused-ring (bicyclic) bond motifs is 1. The summed E-state index contributed by atoms with van der Waals surface area (Å²) in [6.45, 7) is -0.515. The molecular weight excluding hydrogens is 423 g/mol. The van der Waals surface area contributed by atoms with Gasteiger partial charge in [0.15, 0.2) is 11.8 Å². The summed E-state index contributed by atoms with van der Waals surface area (Å²) in [6, 6.07) is 1.66. The highest BCUT2D eigenvalue weighted by Crippen LogP contribution is 2.40. The van der Waals surface area contributed by atoms with Crippen molar-refractivity contribution in [1.29, 1.82) is 0 Å². The molecule has 0 bridgehead atoms. The zero-order chi connectivity index (χ0) is 16.1. The van der Waals surface area contributed by atoms with Crippen LogP contribution in [0.3, 0.4) is 0 Å².